The summed E-state index contributed by atoms with van der Waals surface area (Å²) in [6.07, 6.45) is 1.59. The lowest BCUT2D eigenvalue weighted by atomic mass is 10.3. The van der Waals surface area contributed by atoms with E-state index in [-0.39, 0.29) is 5.69 Å². The lowest BCUT2D eigenvalue weighted by Crippen LogP contribution is -2.21. The highest BCUT2D eigenvalue weighted by Crippen LogP contribution is 2.27. The second kappa shape index (κ2) is 7.33. The average molecular weight is 388 g/mol. The zero-order valence-corrected chi connectivity index (χ0v) is 13.8. The zero-order chi connectivity index (χ0) is 16.1. The van der Waals surface area contributed by atoms with Crippen LogP contribution in [0.2, 0.25) is 5.02 Å². The molecule has 2 aromatic rings. The van der Waals surface area contributed by atoms with Gasteiger partial charge in [0.25, 0.3) is 5.91 Å². The Bertz CT molecular complexity index is 702. The second-order valence-corrected chi connectivity index (χ2v) is 5.55. The van der Waals surface area contributed by atoms with Crippen molar-refractivity contribution in [2.24, 2.45) is 0 Å². The Balaban J connectivity index is 1.93. The summed E-state index contributed by atoms with van der Waals surface area (Å²) in [5.74, 6) is -0.671. The van der Waals surface area contributed by atoms with Crippen LogP contribution >= 0.6 is 27.5 Å². The fourth-order valence-corrected chi connectivity index (χ4v) is 2.17. The van der Waals surface area contributed by atoms with Crippen molar-refractivity contribution >= 4 is 45.1 Å². The summed E-state index contributed by atoms with van der Waals surface area (Å²) in [6.45, 7) is -0.425. The maximum atomic E-state index is 11.8. The van der Waals surface area contributed by atoms with Crippen LogP contribution in [0.4, 0.5) is 5.69 Å². The van der Waals surface area contributed by atoms with E-state index < -0.39 is 18.5 Å². The molecular weight excluding hydrogens is 376 g/mol. The van der Waals surface area contributed by atoms with Gasteiger partial charge in [-0.3, -0.25) is 4.79 Å². The topological polar surface area (TPSA) is 80.4 Å². The van der Waals surface area contributed by atoms with Crippen molar-refractivity contribution in [1.29, 1.82) is 0 Å². The number of aromatic nitrogens is 1. The van der Waals surface area contributed by atoms with Gasteiger partial charge in [0, 0.05) is 15.7 Å². The number of halogens is 2. The van der Waals surface area contributed by atoms with Crippen molar-refractivity contribution < 1.29 is 19.1 Å². The lowest BCUT2D eigenvalue weighted by molar-refractivity contribution is -0.119. The molecule has 0 aliphatic carbocycles. The van der Waals surface area contributed by atoms with Gasteiger partial charge in [0.2, 0.25) is 0 Å². The van der Waals surface area contributed by atoms with Gasteiger partial charge in [-0.05, 0) is 40.2 Å². The first-order valence-electron chi connectivity index (χ1n) is 6.14. The standard InChI is InChI=1S/C14H12BrClN2O4/c1-21-12-3-2-9(16)5-10(12)18-13(19)7-22-14(20)11-4-8(15)6-17-11/h2-6,17H,7H2,1H3,(H,18,19). The number of anilines is 1. The molecule has 8 heteroatoms. The molecule has 1 heterocycles. The molecule has 0 atom stereocenters. The van der Waals surface area contributed by atoms with Crippen LogP contribution in [0.1, 0.15) is 10.5 Å². The highest BCUT2D eigenvalue weighted by Gasteiger charge is 2.13. The number of hydrogen-bond donors (Lipinski definition) is 2. The molecule has 0 unspecified atom stereocenters. The van der Waals surface area contributed by atoms with Crippen molar-refractivity contribution in [3.8, 4) is 5.75 Å². The summed E-state index contributed by atoms with van der Waals surface area (Å²) in [6, 6.07) is 6.36. The average Bonchev–Trinajstić information content (AvgIpc) is 2.92. The number of carbonyl (C=O) groups is 2. The van der Waals surface area contributed by atoms with E-state index in [1.165, 1.54) is 7.11 Å². The summed E-state index contributed by atoms with van der Waals surface area (Å²) in [7, 11) is 1.47. The van der Waals surface area contributed by atoms with Gasteiger partial charge in [0.05, 0.1) is 12.8 Å². The van der Waals surface area contributed by atoms with Gasteiger partial charge in [0.1, 0.15) is 11.4 Å². The monoisotopic (exact) mass is 386 g/mol. The Morgan fingerprint density at radius 1 is 1.36 bits per heavy atom. The number of hydrogen-bond acceptors (Lipinski definition) is 4. The van der Waals surface area contributed by atoms with Crippen molar-refractivity contribution in [2.75, 3.05) is 19.0 Å². The molecule has 0 aliphatic rings. The number of carbonyl (C=O) groups excluding carboxylic acids is 2. The molecule has 1 aromatic heterocycles. The fraction of sp³-hybridized carbons (Fsp3) is 0.143. The van der Waals surface area contributed by atoms with E-state index in [0.717, 1.165) is 0 Å². The highest BCUT2D eigenvalue weighted by atomic mass is 79.9. The molecule has 0 bridgehead atoms. The van der Waals surface area contributed by atoms with Crippen molar-refractivity contribution in [3.63, 3.8) is 0 Å². The minimum Gasteiger partial charge on any atom is -0.495 e. The first-order chi connectivity index (χ1) is 10.5. The summed E-state index contributed by atoms with van der Waals surface area (Å²) < 4.78 is 10.7. The Morgan fingerprint density at radius 2 is 2.14 bits per heavy atom. The van der Waals surface area contributed by atoms with Crippen LogP contribution in [0, 0.1) is 0 Å². The number of rotatable bonds is 5. The third kappa shape index (κ3) is 4.25. The zero-order valence-electron chi connectivity index (χ0n) is 11.5. The van der Waals surface area contributed by atoms with E-state index in [9.17, 15) is 9.59 Å². The minimum atomic E-state index is -0.626. The Hall–Kier alpha value is -1.99. The van der Waals surface area contributed by atoms with E-state index in [0.29, 0.717) is 20.9 Å². The molecule has 116 valence electrons. The smallest absolute Gasteiger partial charge is 0.355 e. The van der Waals surface area contributed by atoms with Crippen molar-refractivity contribution in [1.82, 2.24) is 4.98 Å². The van der Waals surface area contributed by atoms with Crippen molar-refractivity contribution in [3.05, 3.63) is 45.7 Å². The van der Waals surface area contributed by atoms with E-state index in [1.807, 2.05) is 0 Å². The normalized spacial score (nSPS) is 10.1. The van der Waals surface area contributed by atoms with Crippen LogP contribution in [0.3, 0.4) is 0 Å². The van der Waals surface area contributed by atoms with Gasteiger partial charge >= 0.3 is 5.97 Å². The molecule has 2 N–H and O–H groups in total. The molecule has 0 saturated carbocycles. The SMILES string of the molecule is COc1ccc(Cl)cc1NC(=O)COC(=O)c1cc(Br)c[nH]1. The van der Waals surface area contributed by atoms with Crippen molar-refractivity contribution in [2.45, 2.75) is 0 Å². The number of H-pyrrole nitrogens is 1. The molecule has 0 saturated heterocycles. The summed E-state index contributed by atoms with van der Waals surface area (Å²) in [5.41, 5.74) is 0.652. The van der Waals surface area contributed by atoms with Crippen LogP contribution < -0.4 is 10.1 Å². The molecule has 1 aromatic carbocycles. The van der Waals surface area contributed by atoms with Gasteiger partial charge in [-0.2, -0.15) is 0 Å². The largest absolute Gasteiger partial charge is 0.495 e. The Kier molecular flexibility index (Phi) is 5.46. The first-order valence-corrected chi connectivity index (χ1v) is 7.31. The fourth-order valence-electron chi connectivity index (χ4n) is 1.66. The number of nitrogens with one attached hydrogen (secondary N) is 2. The Labute approximate surface area is 139 Å². The molecule has 1 amide bonds. The molecule has 2 rings (SSSR count). The molecule has 6 nitrogen and oxygen atoms in total. The molecular formula is C14H12BrClN2O4. The number of benzene rings is 1. The van der Waals surface area contributed by atoms with Gasteiger partial charge in [-0.1, -0.05) is 11.6 Å². The van der Waals surface area contributed by atoms with Crippen LogP contribution in [0.15, 0.2) is 34.9 Å². The van der Waals surface area contributed by atoms with Gasteiger partial charge in [0.15, 0.2) is 6.61 Å². The third-order valence-corrected chi connectivity index (χ3v) is 3.33. The highest BCUT2D eigenvalue weighted by molar-refractivity contribution is 9.10. The molecule has 22 heavy (non-hydrogen) atoms. The molecule has 0 fully saturated rings. The minimum absolute atomic E-state index is 0.250. The summed E-state index contributed by atoms with van der Waals surface area (Å²) in [4.78, 5) is 26.2. The predicted octanol–water partition coefficient (Wildman–Crippen LogP) is 3.23. The van der Waals surface area contributed by atoms with E-state index in [1.54, 1.807) is 30.5 Å². The maximum Gasteiger partial charge on any atom is 0.355 e. The van der Waals surface area contributed by atoms with Gasteiger partial charge in [-0.15, -0.1) is 0 Å². The van der Waals surface area contributed by atoms with Crippen LogP contribution in [-0.4, -0.2) is 30.6 Å². The van der Waals surface area contributed by atoms with Gasteiger partial charge in [-0.25, -0.2) is 4.79 Å². The molecule has 0 spiro atoms. The number of methoxy groups -OCH3 is 1. The quantitative estimate of drug-likeness (QED) is 0.772. The van der Waals surface area contributed by atoms with Crippen LogP contribution in [0.5, 0.6) is 5.75 Å². The van der Waals surface area contributed by atoms with E-state index in [4.69, 9.17) is 21.1 Å². The van der Waals surface area contributed by atoms with E-state index in [2.05, 4.69) is 26.2 Å². The Morgan fingerprint density at radius 3 is 2.77 bits per heavy atom. The predicted molar refractivity (Wildman–Crippen MR) is 85.4 cm³/mol. The maximum absolute atomic E-state index is 11.8. The number of aromatic amines is 1. The van der Waals surface area contributed by atoms with E-state index >= 15 is 0 Å². The second-order valence-electron chi connectivity index (χ2n) is 4.20. The molecule has 0 aliphatic heterocycles. The number of amides is 1. The lowest BCUT2D eigenvalue weighted by Gasteiger charge is -2.10. The number of ether oxygens (including phenoxy) is 2. The van der Waals surface area contributed by atoms with Gasteiger partial charge < -0.3 is 19.8 Å². The molecule has 0 radical (unpaired) electrons. The summed E-state index contributed by atoms with van der Waals surface area (Å²) >= 11 is 9.07. The first kappa shape index (κ1) is 16.4. The summed E-state index contributed by atoms with van der Waals surface area (Å²) in [5, 5.41) is 3.02. The van der Waals surface area contributed by atoms with Crippen LogP contribution in [0.25, 0.3) is 0 Å². The number of esters is 1. The third-order valence-electron chi connectivity index (χ3n) is 2.64. The van der Waals surface area contributed by atoms with Crippen LogP contribution in [-0.2, 0) is 9.53 Å².